The average molecular weight is 310 g/mol. The maximum absolute atomic E-state index is 12.4. The lowest BCUT2D eigenvalue weighted by atomic mass is 10.1. The lowest BCUT2D eigenvalue weighted by Gasteiger charge is -2.32. The van der Waals surface area contributed by atoms with Gasteiger partial charge < -0.3 is 4.90 Å². The second kappa shape index (κ2) is 6.68. The van der Waals surface area contributed by atoms with Crippen molar-refractivity contribution < 1.29 is 13.2 Å². The Bertz CT molecular complexity index is 596. The van der Waals surface area contributed by atoms with E-state index in [1.165, 1.54) is 19.1 Å². The summed E-state index contributed by atoms with van der Waals surface area (Å²) in [5.41, 5.74) is 0.517. The first-order valence-corrected chi connectivity index (χ1v) is 8.76. The molecule has 116 valence electrons. The molecule has 0 aromatic heterocycles. The van der Waals surface area contributed by atoms with Crippen LogP contribution in [0, 0.1) is 0 Å². The van der Waals surface area contributed by atoms with E-state index in [1.54, 1.807) is 12.1 Å². The molecule has 2 rings (SSSR count). The number of sulfonamides is 1. The summed E-state index contributed by atoms with van der Waals surface area (Å²) in [6.45, 7) is 6.26. The predicted molar refractivity (Wildman–Crippen MR) is 81.9 cm³/mol. The molecule has 1 aliphatic rings. The lowest BCUT2D eigenvalue weighted by Crippen LogP contribution is -2.47. The van der Waals surface area contributed by atoms with E-state index >= 15 is 0 Å². The fourth-order valence-electron chi connectivity index (χ4n) is 2.60. The molecule has 1 unspecified atom stereocenters. The summed E-state index contributed by atoms with van der Waals surface area (Å²) in [4.78, 5) is 13.7. The number of nitrogens with one attached hydrogen (secondary N) is 1. The number of ketones is 1. The number of hydrogen-bond donors (Lipinski definition) is 1. The van der Waals surface area contributed by atoms with E-state index in [1.807, 2.05) is 0 Å². The van der Waals surface area contributed by atoms with Crippen molar-refractivity contribution in [3.63, 3.8) is 0 Å². The topological polar surface area (TPSA) is 66.5 Å². The first-order valence-electron chi connectivity index (χ1n) is 7.28. The Hall–Kier alpha value is -1.24. The lowest BCUT2D eigenvalue weighted by molar-refractivity contribution is 0.101. The molecule has 1 fully saturated rings. The van der Waals surface area contributed by atoms with Crippen molar-refractivity contribution in [2.45, 2.75) is 37.6 Å². The van der Waals surface area contributed by atoms with E-state index in [2.05, 4.69) is 16.5 Å². The van der Waals surface area contributed by atoms with E-state index < -0.39 is 10.0 Å². The van der Waals surface area contributed by atoms with Crippen LogP contribution in [0.15, 0.2) is 29.2 Å². The molecule has 0 spiro atoms. The molecule has 0 radical (unpaired) electrons. The molecule has 5 nitrogen and oxygen atoms in total. The van der Waals surface area contributed by atoms with Gasteiger partial charge in [0.25, 0.3) is 0 Å². The summed E-state index contributed by atoms with van der Waals surface area (Å²) >= 11 is 0. The maximum atomic E-state index is 12.4. The first-order chi connectivity index (χ1) is 9.92. The zero-order valence-corrected chi connectivity index (χ0v) is 13.3. The molecule has 0 amide bonds. The van der Waals surface area contributed by atoms with Gasteiger partial charge in [0.2, 0.25) is 10.0 Å². The van der Waals surface area contributed by atoms with Gasteiger partial charge in [-0.25, -0.2) is 13.1 Å². The van der Waals surface area contributed by atoms with Crippen molar-refractivity contribution in [1.29, 1.82) is 0 Å². The Morgan fingerprint density at radius 3 is 2.57 bits per heavy atom. The number of likely N-dealkylation sites (N-methyl/N-ethyl adjacent to an activating group) is 1. The standard InChI is InChI=1S/C15H22N2O3S/c1-3-17-10-4-5-14(11-17)16-21(19,20)15-8-6-13(7-9-15)12(2)18/h6-9,14,16H,3-5,10-11H2,1-2H3. The molecule has 1 heterocycles. The highest BCUT2D eigenvalue weighted by atomic mass is 32.2. The van der Waals surface area contributed by atoms with Crippen LogP contribution in [0.5, 0.6) is 0 Å². The monoisotopic (exact) mass is 310 g/mol. The van der Waals surface area contributed by atoms with Gasteiger partial charge in [-0.15, -0.1) is 0 Å². The van der Waals surface area contributed by atoms with Crippen LogP contribution in [-0.4, -0.2) is 44.8 Å². The minimum atomic E-state index is -3.52. The number of rotatable bonds is 5. The third-order valence-corrected chi connectivity index (χ3v) is 5.38. The number of hydrogen-bond acceptors (Lipinski definition) is 4. The minimum Gasteiger partial charge on any atom is -0.302 e. The Morgan fingerprint density at radius 1 is 1.33 bits per heavy atom. The van der Waals surface area contributed by atoms with E-state index in [0.717, 1.165) is 32.5 Å². The SMILES string of the molecule is CCN1CCCC(NS(=O)(=O)c2ccc(C(C)=O)cc2)C1. The fraction of sp³-hybridized carbons (Fsp3) is 0.533. The highest BCUT2D eigenvalue weighted by molar-refractivity contribution is 7.89. The molecule has 6 heteroatoms. The number of carbonyl (C=O) groups is 1. The zero-order chi connectivity index (χ0) is 15.5. The third-order valence-electron chi connectivity index (χ3n) is 3.85. The van der Waals surface area contributed by atoms with Gasteiger partial charge in [-0.2, -0.15) is 0 Å². The van der Waals surface area contributed by atoms with Gasteiger partial charge in [0.1, 0.15) is 0 Å². The number of piperidine rings is 1. The second-order valence-corrected chi connectivity index (χ2v) is 7.15. The fourth-order valence-corrected chi connectivity index (χ4v) is 3.86. The molecule has 1 aromatic rings. The molecular formula is C15H22N2O3S. The molecule has 1 saturated heterocycles. The predicted octanol–water partition coefficient (Wildman–Crippen LogP) is 1.65. The number of likely N-dealkylation sites (tertiary alicyclic amines) is 1. The van der Waals surface area contributed by atoms with Gasteiger partial charge in [0, 0.05) is 18.2 Å². The van der Waals surface area contributed by atoms with Crippen molar-refractivity contribution in [2.24, 2.45) is 0 Å². The molecule has 1 aromatic carbocycles. The van der Waals surface area contributed by atoms with E-state index in [-0.39, 0.29) is 16.7 Å². The van der Waals surface area contributed by atoms with E-state index in [9.17, 15) is 13.2 Å². The van der Waals surface area contributed by atoms with Crippen molar-refractivity contribution in [3.8, 4) is 0 Å². The van der Waals surface area contributed by atoms with Gasteiger partial charge in [0.05, 0.1) is 4.90 Å². The van der Waals surface area contributed by atoms with Crippen molar-refractivity contribution in [2.75, 3.05) is 19.6 Å². The smallest absolute Gasteiger partial charge is 0.240 e. The van der Waals surface area contributed by atoms with Crippen LogP contribution in [0.1, 0.15) is 37.0 Å². The largest absolute Gasteiger partial charge is 0.302 e. The summed E-state index contributed by atoms with van der Waals surface area (Å²) in [5.74, 6) is -0.0715. The van der Waals surface area contributed by atoms with Crippen LogP contribution >= 0.6 is 0 Å². The number of carbonyl (C=O) groups excluding carboxylic acids is 1. The quantitative estimate of drug-likeness (QED) is 0.840. The van der Waals surface area contributed by atoms with Crippen molar-refractivity contribution in [1.82, 2.24) is 9.62 Å². The molecule has 0 bridgehead atoms. The van der Waals surface area contributed by atoms with Crippen LogP contribution in [0.25, 0.3) is 0 Å². The Balaban J connectivity index is 2.09. The highest BCUT2D eigenvalue weighted by Crippen LogP contribution is 2.15. The van der Waals surface area contributed by atoms with Crippen LogP contribution in [-0.2, 0) is 10.0 Å². The average Bonchev–Trinajstić information content (AvgIpc) is 2.47. The summed E-state index contributed by atoms with van der Waals surface area (Å²) < 4.78 is 27.5. The third kappa shape index (κ3) is 4.12. The molecular weight excluding hydrogens is 288 g/mol. The van der Waals surface area contributed by atoms with Crippen molar-refractivity contribution >= 4 is 15.8 Å². The van der Waals surface area contributed by atoms with Crippen molar-refractivity contribution in [3.05, 3.63) is 29.8 Å². The number of nitrogens with zero attached hydrogens (tertiary/aromatic N) is 1. The summed E-state index contributed by atoms with van der Waals surface area (Å²) in [6, 6.07) is 6.03. The van der Waals surface area contributed by atoms with Gasteiger partial charge in [0.15, 0.2) is 5.78 Å². The zero-order valence-electron chi connectivity index (χ0n) is 12.5. The van der Waals surface area contributed by atoms with Gasteiger partial charge >= 0.3 is 0 Å². The van der Waals surface area contributed by atoms with Crippen LogP contribution in [0.2, 0.25) is 0 Å². The Labute approximate surface area is 126 Å². The normalized spacial score (nSPS) is 20.4. The first kappa shape index (κ1) is 16.1. The number of benzene rings is 1. The molecule has 0 aliphatic carbocycles. The molecule has 1 N–H and O–H groups in total. The van der Waals surface area contributed by atoms with Crippen LogP contribution < -0.4 is 4.72 Å². The van der Waals surface area contributed by atoms with Crippen LogP contribution in [0.3, 0.4) is 0 Å². The number of Topliss-reactive ketones (excluding diaryl/α,β-unsaturated/α-hetero) is 1. The van der Waals surface area contributed by atoms with E-state index in [4.69, 9.17) is 0 Å². The summed E-state index contributed by atoms with van der Waals surface area (Å²) in [6.07, 6.45) is 1.87. The molecule has 0 saturated carbocycles. The minimum absolute atomic E-state index is 0.0452. The van der Waals surface area contributed by atoms with Gasteiger partial charge in [-0.3, -0.25) is 4.79 Å². The van der Waals surface area contributed by atoms with Crippen LogP contribution in [0.4, 0.5) is 0 Å². The maximum Gasteiger partial charge on any atom is 0.240 e. The summed E-state index contributed by atoms with van der Waals surface area (Å²) in [5, 5.41) is 0. The molecule has 21 heavy (non-hydrogen) atoms. The molecule has 1 atom stereocenters. The molecule has 1 aliphatic heterocycles. The van der Waals surface area contributed by atoms with Gasteiger partial charge in [-0.1, -0.05) is 19.1 Å². The Kier molecular flexibility index (Phi) is 5.13. The second-order valence-electron chi connectivity index (χ2n) is 5.43. The highest BCUT2D eigenvalue weighted by Gasteiger charge is 2.24. The summed E-state index contributed by atoms with van der Waals surface area (Å²) in [7, 11) is -3.52. The van der Waals surface area contributed by atoms with Gasteiger partial charge in [-0.05, 0) is 45.0 Å². The van der Waals surface area contributed by atoms with E-state index in [0.29, 0.717) is 5.56 Å². The Morgan fingerprint density at radius 2 is 2.00 bits per heavy atom.